The fourth-order valence-electron chi connectivity index (χ4n) is 2.02. The van der Waals surface area contributed by atoms with E-state index in [0.717, 1.165) is 0 Å². The molecule has 0 amide bonds. The van der Waals surface area contributed by atoms with Gasteiger partial charge >= 0.3 is 0 Å². The van der Waals surface area contributed by atoms with E-state index in [1.807, 2.05) is 6.07 Å². The number of anilines is 1. The molecule has 0 N–H and O–H groups in total. The van der Waals surface area contributed by atoms with Gasteiger partial charge in [-0.15, -0.1) is 0 Å². The van der Waals surface area contributed by atoms with Crippen molar-refractivity contribution in [2.75, 3.05) is 18.0 Å². The Balaban J connectivity index is 2.50. The van der Waals surface area contributed by atoms with Crippen molar-refractivity contribution in [3.63, 3.8) is 0 Å². The summed E-state index contributed by atoms with van der Waals surface area (Å²) < 4.78 is 31.9. The van der Waals surface area contributed by atoms with Crippen molar-refractivity contribution in [3.8, 4) is 5.75 Å². The lowest BCUT2D eigenvalue weighted by molar-refractivity contribution is 0.414. The topological polar surface area (TPSA) is 46.6 Å². The normalized spacial score (nSPS) is 11.2. The van der Waals surface area contributed by atoms with Crippen molar-refractivity contribution in [1.82, 2.24) is 0 Å². The van der Waals surface area contributed by atoms with Gasteiger partial charge in [-0.05, 0) is 31.2 Å². The van der Waals surface area contributed by atoms with Crippen molar-refractivity contribution < 1.29 is 13.2 Å². The van der Waals surface area contributed by atoms with Crippen molar-refractivity contribution in [1.29, 1.82) is 0 Å². The summed E-state index contributed by atoms with van der Waals surface area (Å²) in [5, 5.41) is 0.142. The van der Waals surface area contributed by atoms with Crippen LogP contribution < -0.4 is 9.04 Å². The molecule has 0 atom stereocenters. The summed E-state index contributed by atoms with van der Waals surface area (Å²) in [5.41, 5.74) is 0.604. The van der Waals surface area contributed by atoms with Gasteiger partial charge in [0, 0.05) is 12.6 Å². The molecule has 112 valence electrons. The number of rotatable bonds is 5. The van der Waals surface area contributed by atoms with Gasteiger partial charge in [0.15, 0.2) is 0 Å². The van der Waals surface area contributed by atoms with Crippen LogP contribution in [0.25, 0.3) is 0 Å². The monoisotopic (exact) mass is 325 g/mol. The number of hydrogen-bond acceptors (Lipinski definition) is 3. The molecule has 4 nitrogen and oxygen atoms in total. The molecule has 0 saturated heterocycles. The predicted molar refractivity (Wildman–Crippen MR) is 84.7 cm³/mol. The van der Waals surface area contributed by atoms with Crippen LogP contribution in [0.1, 0.15) is 6.92 Å². The molecule has 2 aromatic rings. The zero-order valence-electron chi connectivity index (χ0n) is 11.8. The first kappa shape index (κ1) is 15.7. The second-order valence-corrected chi connectivity index (χ2v) is 6.54. The van der Waals surface area contributed by atoms with E-state index in [2.05, 4.69) is 0 Å². The molecule has 0 aliphatic heterocycles. The molecule has 0 bridgehead atoms. The molecule has 0 spiro atoms. The van der Waals surface area contributed by atoms with E-state index < -0.39 is 10.0 Å². The quantitative estimate of drug-likeness (QED) is 0.844. The van der Waals surface area contributed by atoms with E-state index in [1.54, 1.807) is 37.3 Å². The fourth-order valence-corrected chi connectivity index (χ4v) is 4.01. The molecule has 0 saturated carbocycles. The number of nitrogens with zero attached hydrogens (tertiary/aromatic N) is 1. The van der Waals surface area contributed by atoms with Crippen LogP contribution in [-0.2, 0) is 10.0 Å². The fraction of sp³-hybridized carbons (Fsp3) is 0.200. The maximum absolute atomic E-state index is 12.8. The van der Waals surface area contributed by atoms with Crippen molar-refractivity contribution in [3.05, 3.63) is 53.6 Å². The van der Waals surface area contributed by atoms with Gasteiger partial charge in [-0.1, -0.05) is 29.8 Å². The molecular weight excluding hydrogens is 310 g/mol. The lowest BCUT2D eigenvalue weighted by Gasteiger charge is -2.23. The Morgan fingerprint density at radius 1 is 1.14 bits per heavy atom. The molecule has 0 aliphatic rings. The van der Waals surface area contributed by atoms with E-state index in [-0.39, 0.29) is 9.92 Å². The van der Waals surface area contributed by atoms with Crippen LogP contribution in [0, 0.1) is 0 Å². The minimum Gasteiger partial charge on any atom is -0.497 e. The van der Waals surface area contributed by atoms with Crippen molar-refractivity contribution in [2.45, 2.75) is 11.8 Å². The molecule has 0 unspecified atom stereocenters. The Labute approximate surface area is 130 Å². The van der Waals surface area contributed by atoms with Gasteiger partial charge in [-0.2, -0.15) is 0 Å². The maximum Gasteiger partial charge on any atom is 0.265 e. The van der Waals surface area contributed by atoms with Crippen molar-refractivity contribution >= 4 is 27.3 Å². The Bertz CT molecular complexity index is 717. The standard InChI is InChI=1S/C15H16ClNO3S/c1-3-17(12-7-5-4-6-8-12)21(18,19)15-10-9-13(20-2)11-14(15)16/h4-11H,3H2,1-2H3. The molecule has 0 aromatic heterocycles. The Morgan fingerprint density at radius 3 is 2.33 bits per heavy atom. The van der Waals surface area contributed by atoms with E-state index in [9.17, 15) is 8.42 Å². The SMILES string of the molecule is CCN(c1ccccc1)S(=O)(=O)c1ccc(OC)cc1Cl. The first-order valence-electron chi connectivity index (χ1n) is 6.42. The molecule has 2 rings (SSSR count). The van der Waals surface area contributed by atoms with Crippen LogP contribution in [-0.4, -0.2) is 22.1 Å². The summed E-state index contributed by atoms with van der Waals surface area (Å²) in [4.78, 5) is 0.0654. The minimum atomic E-state index is -3.71. The predicted octanol–water partition coefficient (Wildman–Crippen LogP) is 3.56. The van der Waals surface area contributed by atoms with Crippen LogP contribution in [0.4, 0.5) is 5.69 Å². The summed E-state index contributed by atoms with van der Waals surface area (Å²) in [6, 6.07) is 13.5. The highest BCUT2D eigenvalue weighted by Crippen LogP contribution is 2.30. The highest BCUT2D eigenvalue weighted by molar-refractivity contribution is 7.93. The highest BCUT2D eigenvalue weighted by Gasteiger charge is 2.26. The number of halogens is 1. The van der Waals surface area contributed by atoms with Gasteiger partial charge in [0.05, 0.1) is 17.8 Å². The number of hydrogen-bond donors (Lipinski definition) is 0. The number of sulfonamides is 1. The molecule has 0 aliphatic carbocycles. The van der Waals surface area contributed by atoms with E-state index in [4.69, 9.17) is 16.3 Å². The molecule has 2 aromatic carbocycles. The maximum atomic E-state index is 12.8. The van der Waals surface area contributed by atoms with E-state index in [0.29, 0.717) is 18.0 Å². The number of benzene rings is 2. The molecule has 0 heterocycles. The van der Waals surface area contributed by atoms with Crippen LogP contribution >= 0.6 is 11.6 Å². The molecule has 6 heteroatoms. The third-order valence-corrected chi connectivity index (χ3v) is 5.42. The van der Waals surface area contributed by atoms with Gasteiger partial charge in [-0.3, -0.25) is 4.31 Å². The summed E-state index contributed by atoms with van der Waals surface area (Å²) in [6.07, 6.45) is 0. The third kappa shape index (κ3) is 3.14. The smallest absolute Gasteiger partial charge is 0.265 e. The zero-order valence-corrected chi connectivity index (χ0v) is 13.4. The Hall–Kier alpha value is -1.72. The lowest BCUT2D eigenvalue weighted by atomic mass is 10.3. The first-order chi connectivity index (χ1) is 10.0. The van der Waals surface area contributed by atoms with Crippen LogP contribution in [0.3, 0.4) is 0 Å². The highest BCUT2D eigenvalue weighted by atomic mass is 35.5. The molecule has 21 heavy (non-hydrogen) atoms. The van der Waals surface area contributed by atoms with Crippen molar-refractivity contribution in [2.24, 2.45) is 0 Å². The Kier molecular flexibility index (Phi) is 4.75. The van der Waals surface area contributed by atoms with Gasteiger partial charge in [0.25, 0.3) is 10.0 Å². The average molecular weight is 326 g/mol. The van der Waals surface area contributed by atoms with Crippen LogP contribution in [0.5, 0.6) is 5.75 Å². The van der Waals surface area contributed by atoms with Gasteiger partial charge in [-0.25, -0.2) is 8.42 Å². The summed E-state index contributed by atoms with van der Waals surface area (Å²) in [6.45, 7) is 2.09. The van der Waals surface area contributed by atoms with E-state index >= 15 is 0 Å². The molecule has 0 fully saturated rings. The average Bonchev–Trinajstić information content (AvgIpc) is 2.48. The summed E-state index contributed by atoms with van der Waals surface area (Å²) in [7, 11) is -2.21. The third-order valence-electron chi connectivity index (χ3n) is 3.04. The number of ether oxygens (including phenoxy) is 1. The lowest BCUT2D eigenvalue weighted by Crippen LogP contribution is -2.30. The molecular formula is C15H16ClNO3S. The summed E-state index contributed by atoms with van der Waals surface area (Å²) >= 11 is 6.10. The first-order valence-corrected chi connectivity index (χ1v) is 8.24. The Morgan fingerprint density at radius 2 is 1.81 bits per heavy atom. The van der Waals surface area contributed by atoms with Gasteiger partial charge in [0.1, 0.15) is 10.6 Å². The van der Waals surface area contributed by atoms with Gasteiger partial charge in [0.2, 0.25) is 0 Å². The summed E-state index contributed by atoms with van der Waals surface area (Å²) in [5.74, 6) is 0.515. The van der Waals surface area contributed by atoms with Crippen LogP contribution in [0.15, 0.2) is 53.4 Å². The molecule has 0 radical (unpaired) electrons. The second kappa shape index (κ2) is 6.37. The van der Waals surface area contributed by atoms with Crippen LogP contribution in [0.2, 0.25) is 5.02 Å². The minimum absolute atomic E-state index is 0.0654. The van der Waals surface area contributed by atoms with E-state index in [1.165, 1.54) is 23.5 Å². The number of para-hydroxylation sites is 1. The van der Waals surface area contributed by atoms with Gasteiger partial charge < -0.3 is 4.74 Å². The number of methoxy groups -OCH3 is 1. The largest absolute Gasteiger partial charge is 0.497 e. The zero-order chi connectivity index (χ0) is 15.5. The second-order valence-electron chi connectivity index (χ2n) is 4.30.